The third-order valence-electron chi connectivity index (χ3n) is 3.92. The SMILES string of the molecule is COc1ccc2c(c1)CCCC2Nc1ccc(Br)c(Cl)c1. The fourth-order valence-electron chi connectivity index (χ4n) is 2.85. The van der Waals surface area contributed by atoms with Crippen molar-refractivity contribution in [3.05, 3.63) is 57.0 Å². The van der Waals surface area contributed by atoms with Crippen molar-refractivity contribution in [3.8, 4) is 5.75 Å². The molecule has 110 valence electrons. The van der Waals surface area contributed by atoms with Crippen molar-refractivity contribution < 1.29 is 4.74 Å². The predicted octanol–water partition coefficient (Wildman–Crippen LogP) is 5.60. The standard InChI is InChI=1S/C17H17BrClNO/c1-21-13-6-7-14-11(9-13)3-2-4-17(14)20-12-5-8-15(18)16(19)10-12/h5-10,17,20H,2-4H2,1H3. The summed E-state index contributed by atoms with van der Waals surface area (Å²) < 4.78 is 6.24. The number of anilines is 1. The minimum atomic E-state index is 0.330. The Morgan fingerprint density at radius 3 is 2.86 bits per heavy atom. The average molecular weight is 367 g/mol. The quantitative estimate of drug-likeness (QED) is 0.763. The Bertz CT molecular complexity index is 659. The Kier molecular flexibility index (Phi) is 4.41. The molecule has 0 aliphatic heterocycles. The zero-order valence-electron chi connectivity index (χ0n) is 11.8. The van der Waals surface area contributed by atoms with Gasteiger partial charge >= 0.3 is 0 Å². The van der Waals surface area contributed by atoms with E-state index in [4.69, 9.17) is 16.3 Å². The van der Waals surface area contributed by atoms with E-state index >= 15 is 0 Å². The highest BCUT2D eigenvalue weighted by atomic mass is 79.9. The van der Waals surface area contributed by atoms with Gasteiger partial charge in [0, 0.05) is 10.2 Å². The van der Waals surface area contributed by atoms with Gasteiger partial charge < -0.3 is 10.1 Å². The molecule has 4 heteroatoms. The summed E-state index contributed by atoms with van der Waals surface area (Å²) in [6, 6.07) is 12.7. The smallest absolute Gasteiger partial charge is 0.119 e. The molecular weight excluding hydrogens is 350 g/mol. The summed E-state index contributed by atoms with van der Waals surface area (Å²) in [5.74, 6) is 0.932. The maximum absolute atomic E-state index is 6.17. The van der Waals surface area contributed by atoms with Gasteiger partial charge in [-0.15, -0.1) is 0 Å². The van der Waals surface area contributed by atoms with Crippen molar-refractivity contribution in [1.29, 1.82) is 0 Å². The lowest BCUT2D eigenvalue weighted by molar-refractivity contribution is 0.413. The topological polar surface area (TPSA) is 21.3 Å². The number of hydrogen-bond acceptors (Lipinski definition) is 2. The first-order valence-electron chi connectivity index (χ1n) is 7.06. The number of fused-ring (bicyclic) bond motifs is 1. The zero-order chi connectivity index (χ0) is 14.8. The molecule has 0 fully saturated rings. The molecule has 0 spiro atoms. The lowest BCUT2D eigenvalue weighted by Crippen LogP contribution is -2.17. The Balaban J connectivity index is 1.86. The van der Waals surface area contributed by atoms with Crippen LogP contribution in [0.2, 0.25) is 5.02 Å². The van der Waals surface area contributed by atoms with Gasteiger partial charge in [0.25, 0.3) is 0 Å². The van der Waals surface area contributed by atoms with Crippen LogP contribution in [0.4, 0.5) is 5.69 Å². The molecule has 0 radical (unpaired) electrons. The van der Waals surface area contributed by atoms with Crippen LogP contribution in [0, 0.1) is 0 Å². The molecule has 3 rings (SSSR count). The third kappa shape index (κ3) is 3.19. The second-order valence-electron chi connectivity index (χ2n) is 5.28. The summed E-state index contributed by atoms with van der Waals surface area (Å²) in [6.07, 6.45) is 3.43. The van der Waals surface area contributed by atoms with E-state index in [2.05, 4.69) is 33.4 Å². The van der Waals surface area contributed by atoms with Crippen LogP contribution < -0.4 is 10.1 Å². The van der Waals surface area contributed by atoms with Gasteiger partial charge in [-0.1, -0.05) is 17.7 Å². The normalized spacial score (nSPS) is 17.2. The van der Waals surface area contributed by atoms with Crippen molar-refractivity contribution in [2.75, 3.05) is 12.4 Å². The van der Waals surface area contributed by atoms with E-state index in [1.54, 1.807) is 7.11 Å². The second-order valence-corrected chi connectivity index (χ2v) is 6.54. The van der Waals surface area contributed by atoms with Crippen molar-refractivity contribution >= 4 is 33.2 Å². The lowest BCUT2D eigenvalue weighted by Gasteiger charge is -2.27. The molecule has 1 N–H and O–H groups in total. The monoisotopic (exact) mass is 365 g/mol. The summed E-state index contributed by atoms with van der Waals surface area (Å²) >= 11 is 9.59. The number of benzene rings is 2. The average Bonchev–Trinajstić information content (AvgIpc) is 2.50. The molecule has 0 saturated carbocycles. The molecule has 2 aromatic carbocycles. The van der Waals surface area contributed by atoms with Gasteiger partial charge in [0.2, 0.25) is 0 Å². The zero-order valence-corrected chi connectivity index (χ0v) is 14.2. The molecule has 0 bridgehead atoms. The summed E-state index contributed by atoms with van der Waals surface area (Å²) in [7, 11) is 1.71. The van der Waals surface area contributed by atoms with Crippen LogP contribution in [-0.2, 0) is 6.42 Å². The van der Waals surface area contributed by atoms with Gasteiger partial charge in [0.15, 0.2) is 0 Å². The number of hydrogen-bond donors (Lipinski definition) is 1. The second kappa shape index (κ2) is 6.29. The fourth-order valence-corrected chi connectivity index (χ4v) is 3.28. The van der Waals surface area contributed by atoms with Gasteiger partial charge in [0.1, 0.15) is 5.75 Å². The number of rotatable bonds is 3. The van der Waals surface area contributed by atoms with Crippen molar-refractivity contribution in [3.63, 3.8) is 0 Å². The lowest BCUT2D eigenvalue weighted by atomic mass is 9.87. The molecule has 0 amide bonds. The summed E-state index contributed by atoms with van der Waals surface area (Å²) in [4.78, 5) is 0. The van der Waals surface area contributed by atoms with Gasteiger partial charge in [-0.05, 0) is 76.7 Å². The van der Waals surface area contributed by atoms with E-state index < -0.39 is 0 Å². The minimum Gasteiger partial charge on any atom is -0.497 e. The third-order valence-corrected chi connectivity index (χ3v) is 5.16. The highest BCUT2D eigenvalue weighted by Crippen LogP contribution is 2.35. The molecule has 0 heterocycles. The van der Waals surface area contributed by atoms with E-state index in [0.717, 1.165) is 33.8 Å². The van der Waals surface area contributed by atoms with Crippen LogP contribution in [0.1, 0.15) is 30.0 Å². The van der Waals surface area contributed by atoms with Crippen molar-refractivity contribution in [2.45, 2.75) is 25.3 Å². The largest absolute Gasteiger partial charge is 0.497 e. The molecule has 0 aromatic heterocycles. The van der Waals surface area contributed by atoms with E-state index in [9.17, 15) is 0 Å². The first-order valence-corrected chi connectivity index (χ1v) is 8.23. The molecule has 21 heavy (non-hydrogen) atoms. The van der Waals surface area contributed by atoms with Crippen LogP contribution in [0.15, 0.2) is 40.9 Å². The van der Waals surface area contributed by atoms with Crippen LogP contribution in [0.5, 0.6) is 5.75 Å². The molecule has 1 aliphatic rings. The van der Waals surface area contributed by atoms with E-state index in [1.165, 1.54) is 17.5 Å². The Labute approximate surface area is 138 Å². The van der Waals surface area contributed by atoms with Gasteiger partial charge in [-0.3, -0.25) is 0 Å². The minimum absolute atomic E-state index is 0.330. The van der Waals surface area contributed by atoms with Gasteiger partial charge in [0.05, 0.1) is 18.2 Å². The molecule has 1 atom stereocenters. The maximum Gasteiger partial charge on any atom is 0.119 e. The Morgan fingerprint density at radius 1 is 1.24 bits per heavy atom. The number of ether oxygens (including phenoxy) is 1. The summed E-state index contributed by atoms with van der Waals surface area (Å²) in [5.41, 5.74) is 3.79. The number of nitrogens with one attached hydrogen (secondary N) is 1. The van der Waals surface area contributed by atoms with Crippen molar-refractivity contribution in [1.82, 2.24) is 0 Å². The molecular formula is C17H17BrClNO. The number of aryl methyl sites for hydroxylation is 1. The molecule has 2 nitrogen and oxygen atoms in total. The van der Waals surface area contributed by atoms with Crippen LogP contribution >= 0.6 is 27.5 Å². The fraction of sp³-hybridized carbons (Fsp3) is 0.294. The van der Waals surface area contributed by atoms with Gasteiger partial charge in [-0.25, -0.2) is 0 Å². The summed E-state index contributed by atoms with van der Waals surface area (Å²) in [6.45, 7) is 0. The maximum atomic E-state index is 6.17. The highest BCUT2D eigenvalue weighted by molar-refractivity contribution is 9.10. The van der Waals surface area contributed by atoms with Gasteiger partial charge in [-0.2, -0.15) is 0 Å². The van der Waals surface area contributed by atoms with Crippen molar-refractivity contribution in [2.24, 2.45) is 0 Å². The van der Waals surface area contributed by atoms with E-state index in [0.29, 0.717) is 6.04 Å². The predicted molar refractivity (Wildman–Crippen MR) is 91.4 cm³/mol. The van der Waals surface area contributed by atoms with E-state index in [-0.39, 0.29) is 0 Å². The molecule has 1 aliphatic carbocycles. The first kappa shape index (κ1) is 14.7. The number of methoxy groups -OCH3 is 1. The Hall–Kier alpha value is -1.19. The van der Waals surface area contributed by atoms with Crippen LogP contribution in [0.3, 0.4) is 0 Å². The Morgan fingerprint density at radius 2 is 2.10 bits per heavy atom. The summed E-state index contributed by atoms with van der Waals surface area (Å²) in [5, 5.41) is 4.32. The first-order chi connectivity index (χ1) is 10.2. The molecule has 1 unspecified atom stereocenters. The van der Waals surface area contributed by atoms with Crippen LogP contribution in [0.25, 0.3) is 0 Å². The van der Waals surface area contributed by atoms with E-state index in [1.807, 2.05) is 24.3 Å². The molecule has 2 aromatic rings. The van der Waals surface area contributed by atoms with Crippen LogP contribution in [-0.4, -0.2) is 7.11 Å². The highest BCUT2D eigenvalue weighted by Gasteiger charge is 2.20. The number of halogens is 2. The molecule has 0 saturated heterocycles.